The molecule has 2 saturated carbocycles. The molecule has 23 heavy (non-hydrogen) atoms. The fraction of sp³-hybridized carbons (Fsp3) is 0.526. The summed E-state index contributed by atoms with van der Waals surface area (Å²) in [5, 5.41) is 0. The number of ketones is 2. The van der Waals surface area contributed by atoms with Gasteiger partial charge in [-0.25, -0.2) is 0 Å². The number of benzene rings is 1. The van der Waals surface area contributed by atoms with E-state index in [9.17, 15) is 14.4 Å². The highest BCUT2D eigenvalue weighted by Crippen LogP contribution is 2.63. The first-order chi connectivity index (χ1) is 10.9. The Kier molecular flexibility index (Phi) is 2.88. The second-order valence-corrected chi connectivity index (χ2v) is 7.66. The Hall–Kier alpha value is -1.97. The number of hydrogen-bond donors (Lipinski definition) is 0. The zero-order valence-electron chi connectivity index (χ0n) is 13.6. The van der Waals surface area contributed by atoms with Gasteiger partial charge in [0.25, 0.3) is 0 Å². The van der Waals surface area contributed by atoms with E-state index in [1.54, 1.807) is 4.90 Å². The van der Waals surface area contributed by atoms with Gasteiger partial charge in [0.15, 0.2) is 0 Å². The molecule has 0 saturated heterocycles. The van der Waals surface area contributed by atoms with Crippen molar-refractivity contribution in [3.63, 3.8) is 0 Å². The maximum atomic E-state index is 13.3. The maximum absolute atomic E-state index is 13.3. The van der Waals surface area contributed by atoms with E-state index in [-0.39, 0.29) is 17.6 Å². The van der Waals surface area contributed by atoms with Gasteiger partial charge in [-0.2, -0.15) is 0 Å². The Morgan fingerprint density at radius 1 is 1.17 bits per heavy atom. The molecule has 1 heterocycles. The van der Waals surface area contributed by atoms with Crippen LogP contribution in [0.5, 0.6) is 0 Å². The van der Waals surface area contributed by atoms with E-state index in [0.717, 1.165) is 12.0 Å². The topological polar surface area (TPSA) is 54.5 Å². The van der Waals surface area contributed by atoms with Crippen molar-refractivity contribution in [2.75, 3.05) is 6.54 Å². The largest absolute Gasteiger partial charge is 0.337 e. The summed E-state index contributed by atoms with van der Waals surface area (Å²) in [5.74, 6) is -1.18. The summed E-state index contributed by atoms with van der Waals surface area (Å²) in [7, 11) is 0. The van der Waals surface area contributed by atoms with Crippen LogP contribution in [0.1, 0.15) is 37.8 Å². The van der Waals surface area contributed by atoms with Gasteiger partial charge >= 0.3 is 0 Å². The molecule has 4 rings (SSSR count). The van der Waals surface area contributed by atoms with Crippen LogP contribution in [0.25, 0.3) is 0 Å². The summed E-state index contributed by atoms with van der Waals surface area (Å²) < 4.78 is 0. The predicted molar refractivity (Wildman–Crippen MR) is 84.5 cm³/mol. The molecule has 0 spiro atoms. The minimum atomic E-state index is -1.12. The standard InChI is InChI=1S/C19H21NO3/c1-18(2)14-7-9-19(18,16(22)15(14)21)17(23)20-10-8-12-5-3-4-6-13(12)11-20/h3-6,14H,7-11H2,1-2H3. The first-order valence-corrected chi connectivity index (χ1v) is 8.34. The second kappa shape index (κ2) is 4.53. The molecule has 2 unspecified atom stereocenters. The smallest absolute Gasteiger partial charge is 0.237 e. The molecule has 1 aromatic rings. The summed E-state index contributed by atoms with van der Waals surface area (Å²) in [5.41, 5.74) is 0.732. The number of hydrogen-bond acceptors (Lipinski definition) is 3. The molecule has 0 radical (unpaired) electrons. The van der Waals surface area contributed by atoms with E-state index < -0.39 is 16.6 Å². The summed E-state index contributed by atoms with van der Waals surface area (Å²) in [6, 6.07) is 8.12. The number of Topliss-reactive ketones (excluding diaryl/α,β-unsaturated/α-hetero) is 2. The SMILES string of the molecule is CC1(C)C2CCC1(C(=O)N1CCc3ccccc3C1)C(=O)C2=O. The number of amides is 1. The molecule has 1 aliphatic heterocycles. The summed E-state index contributed by atoms with van der Waals surface area (Å²) in [6.45, 7) is 5.01. The first-order valence-electron chi connectivity index (χ1n) is 8.34. The average molecular weight is 311 g/mol. The molecule has 2 fully saturated rings. The molecule has 0 aromatic heterocycles. The van der Waals surface area contributed by atoms with Crippen molar-refractivity contribution in [3.05, 3.63) is 35.4 Å². The summed E-state index contributed by atoms with van der Waals surface area (Å²) in [6.07, 6.45) is 1.99. The van der Waals surface area contributed by atoms with Crippen LogP contribution >= 0.6 is 0 Å². The minimum absolute atomic E-state index is 0.129. The number of fused-ring (bicyclic) bond motifs is 3. The molecular weight excluding hydrogens is 290 g/mol. The first kappa shape index (κ1) is 14.6. The van der Waals surface area contributed by atoms with Gasteiger partial charge in [-0.15, -0.1) is 0 Å². The normalized spacial score (nSPS) is 31.4. The van der Waals surface area contributed by atoms with Gasteiger partial charge in [0, 0.05) is 19.0 Å². The lowest BCUT2D eigenvalue weighted by Crippen LogP contribution is -2.53. The molecule has 2 atom stereocenters. The number of rotatable bonds is 1. The lowest BCUT2D eigenvalue weighted by atomic mass is 9.67. The van der Waals surface area contributed by atoms with Crippen LogP contribution in [0, 0.1) is 16.7 Å². The molecule has 120 valence electrons. The van der Waals surface area contributed by atoms with Crippen LogP contribution in [0.15, 0.2) is 24.3 Å². The third-order valence-corrected chi connectivity index (χ3v) is 6.49. The van der Waals surface area contributed by atoms with E-state index in [2.05, 4.69) is 6.07 Å². The number of carbonyl (C=O) groups excluding carboxylic acids is 3. The highest BCUT2D eigenvalue weighted by Gasteiger charge is 2.73. The minimum Gasteiger partial charge on any atom is -0.337 e. The molecule has 1 amide bonds. The summed E-state index contributed by atoms with van der Waals surface area (Å²) in [4.78, 5) is 40.0. The van der Waals surface area contributed by atoms with E-state index in [0.29, 0.717) is 25.9 Å². The van der Waals surface area contributed by atoms with Gasteiger partial charge < -0.3 is 4.90 Å². The van der Waals surface area contributed by atoms with Crippen molar-refractivity contribution >= 4 is 17.5 Å². The van der Waals surface area contributed by atoms with E-state index in [1.165, 1.54) is 5.56 Å². The van der Waals surface area contributed by atoms with Gasteiger partial charge in [-0.05, 0) is 35.8 Å². The molecule has 2 aliphatic carbocycles. The molecule has 2 bridgehead atoms. The Bertz CT molecular complexity index is 736. The van der Waals surface area contributed by atoms with Crippen LogP contribution in [0.4, 0.5) is 0 Å². The van der Waals surface area contributed by atoms with Crippen LogP contribution in [0.3, 0.4) is 0 Å². The van der Waals surface area contributed by atoms with Gasteiger partial charge in [0.1, 0.15) is 5.41 Å². The third kappa shape index (κ3) is 1.64. The predicted octanol–water partition coefficient (Wildman–Crippen LogP) is 2.15. The van der Waals surface area contributed by atoms with Crippen molar-refractivity contribution in [1.82, 2.24) is 4.90 Å². The molecule has 3 aliphatic rings. The lowest BCUT2D eigenvalue weighted by Gasteiger charge is -2.40. The Morgan fingerprint density at radius 3 is 2.52 bits per heavy atom. The fourth-order valence-corrected chi connectivity index (χ4v) is 4.99. The zero-order valence-corrected chi connectivity index (χ0v) is 13.6. The van der Waals surface area contributed by atoms with E-state index in [1.807, 2.05) is 32.0 Å². The maximum Gasteiger partial charge on any atom is 0.237 e. The van der Waals surface area contributed by atoms with Gasteiger partial charge in [0.05, 0.1) is 0 Å². The van der Waals surface area contributed by atoms with Crippen molar-refractivity contribution in [2.45, 2.75) is 39.7 Å². The van der Waals surface area contributed by atoms with E-state index >= 15 is 0 Å². The van der Waals surface area contributed by atoms with Crippen LogP contribution in [-0.2, 0) is 27.3 Å². The fourth-order valence-electron chi connectivity index (χ4n) is 4.99. The molecule has 0 N–H and O–H groups in total. The Balaban J connectivity index is 1.70. The number of carbonyl (C=O) groups is 3. The van der Waals surface area contributed by atoms with Crippen LogP contribution < -0.4 is 0 Å². The highest BCUT2D eigenvalue weighted by molar-refractivity contribution is 6.47. The lowest BCUT2D eigenvalue weighted by molar-refractivity contribution is -0.156. The summed E-state index contributed by atoms with van der Waals surface area (Å²) >= 11 is 0. The molecule has 4 nitrogen and oxygen atoms in total. The van der Waals surface area contributed by atoms with Crippen molar-refractivity contribution in [3.8, 4) is 0 Å². The van der Waals surface area contributed by atoms with Gasteiger partial charge in [-0.1, -0.05) is 38.1 Å². The number of nitrogens with zero attached hydrogens (tertiary/aromatic N) is 1. The monoisotopic (exact) mass is 311 g/mol. The third-order valence-electron chi connectivity index (χ3n) is 6.49. The molecular formula is C19H21NO3. The Morgan fingerprint density at radius 2 is 1.87 bits per heavy atom. The molecule has 4 heteroatoms. The van der Waals surface area contributed by atoms with Crippen LogP contribution in [-0.4, -0.2) is 28.9 Å². The quantitative estimate of drug-likeness (QED) is 0.590. The van der Waals surface area contributed by atoms with E-state index in [4.69, 9.17) is 0 Å². The zero-order chi connectivity index (χ0) is 16.4. The van der Waals surface area contributed by atoms with Crippen molar-refractivity contribution in [1.29, 1.82) is 0 Å². The Labute approximate surface area is 135 Å². The second-order valence-electron chi connectivity index (χ2n) is 7.66. The van der Waals surface area contributed by atoms with Crippen molar-refractivity contribution < 1.29 is 14.4 Å². The highest BCUT2D eigenvalue weighted by atomic mass is 16.2. The molecule has 1 aromatic carbocycles. The average Bonchev–Trinajstić information content (AvgIpc) is 2.90. The van der Waals surface area contributed by atoms with Gasteiger partial charge in [-0.3, -0.25) is 14.4 Å². The van der Waals surface area contributed by atoms with Gasteiger partial charge in [0.2, 0.25) is 17.5 Å². The van der Waals surface area contributed by atoms with Crippen LogP contribution in [0.2, 0.25) is 0 Å². The van der Waals surface area contributed by atoms with Crippen molar-refractivity contribution in [2.24, 2.45) is 16.7 Å².